The van der Waals surface area contributed by atoms with Crippen molar-refractivity contribution in [2.24, 2.45) is 0 Å². The molecule has 0 amide bonds. The molecule has 0 saturated heterocycles. The van der Waals surface area contributed by atoms with Gasteiger partial charge in [0.2, 0.25) is 0 Å². The predicted molar refractivity (Wildman–Crippen MR) is 55.1 cm³/mol. The van der Waals surface area contributed by atoms with E-state index in [1.54, 1.807) is 14.0 Å². The summed E-state index contributed by atoms with van der Waals surface area (Å²) in [7, 11) is 3.06. The van der Waals surface area contributed by atoms with Gasteiger partial charge in [-0.05, 0) is 19.9 Å². The SMILES string of the molecule is COCCCNC/C=C(/C)C(=O)OC. The van der Waals surface area contributed by atoms with E-state index in [0.29, 0.717) is 12.1 Å². The van der Waals surface area contributed by atoms with Gasteiger partial charge in [0.25, 0.3) is 0 Å². The van der Waals surface area contributed by atoms with Gasteiger partial charge in [0.15, 0.2) is 0 Å². The molecule has 4 heteroatoms. The van der Waals surface area contributed by atoms with Gasteiger partial charge in [-0.2, -0.15) is 0 Å². The molecule has 4 nitrogen and oxygen atoms in total. The normalized spacial score (nSPS) is 11.5. The molecule has 0 heterocycles. The number of esters is 1. The van der Waals surface area contributed by atoms with E-state index in [9.17, 15) is 4.79 Å². The number of methoxy groups -OCH3 is 2. The van der Waals surface area contributed by atoms with Gasteiger partial charge in [-0.1, -0.05) is 6.08 Å². The topological polar surface area (TPSA) is 47.6 Å². The third-order valence-corrected chi connectivity index (χ3v) is 1.76. The Balaban J connectivity index is 3.46. The first kappa shape index (κ1) is 13.1. The van der Waals surface area contributed by atoms with E-state index in [2.05, 4.69) is 10.1 Å². The fourth-order valence-electron chi connectivity index (χ4n) is 0.913. The molecule has 0 saturated carbocycles. The standard InChI is InChI=1S/C10H19NO3/c1-9(10(12)14-3)5-7-11-6-4-8-13-2/h5,11H,4,6-8H2,1-3H3/b9-5-. The van der Waals surface area contributed by atoms with Gasteiger partial charge in [0.05, 0.1) is 7.11 Å². The Labute approximate surface area is 85.3 Å². The van der Waals surface area contributed by atoms with Crippen molar-refractivity contribution in [3.05, 3.63) is 11.6 Å². The minimum Gasteiger partial charge on any atom is -0.466 e. The first-order valence-electron chi connectivity index (χ1n) is 4.67. The lowest BCUT2D eigenvalue weighted by molar-refractivity contribution is -0.136. The molecule has 0 fully saturated rings. The second kappa shape index (κ2) is 8.72. The van der Waals surface area contributed by atoms with Gasteiger partial charge >= 0.3 is 5.97 Å². The largest absolute Gasteiger partial charge is 0.466 e. The molecule has 0 bridgehead atoms. The summed E-state index contributed by atoms with van der Waals surface area (Å²) in [6.45, 7) is 4.07. The highest BCUT2D eigenvalue weighted by Crippen LogP contribution is 1.93. The molecule has 14 heavy (non-hydrogen) atoms. The summed E-state index contributed by atoms with van der Waals surface area (Å²) in [6, 6.07) is 0. The van der Waals surface area contributed by atoms with E-state index < -0.39 is 0 Å². The van der Waals surface area contributed by atoms with Crippen LogP contribution in [0.4, 0.5) is 0 Å². The number of hydrogen-bond acceptors (Lipinski definition) is 4. The van der Waals surface area contributed by atoms with Crippen LogP contribution < -0.4 is 5.32 Å². The van der Waals surface area contributed by atoms with Crippen molar-refractivity contribution in [1.29, 1.82) is 0 Å². The second-order valence-electron chi connectivity index (χ2n) is 2.93. The van der Waals surface area contributed by atoms with Crippen LogP contribution in [-0.4, -0.2) is 39.9 Å². The highest BCUT2D eigenvalue weighted by atomic mass is 16.5. The zero-order chi connectivity index (χ0) is 10.8. The average Bonchev–Trinajstić information content (AvgIpc) is 2.21. The molecule has 0 aromatic carbocycles. The van der Waals surface area contributed by atoms with Crippen LogP contribution in [0.5, 0.6) is 0 Å². The molecule has 0 aromatic rings. The number of hydrogen-bond donors (Lipinski definition) is 1. The fourth-order valence-corrected chi connectivity index (χ4v) is 0.913. The minimum atomic E-state index is -0.274. The molecular weight excluding hydrogens is 182 g/mol. The summed E-state index contributed by atoms with van der Waals surface area (Å²) in [5.41, 5.74) is 0.631. The van der Waals surface area contributed by atoms with E-state index in [4.69, 9.17) is 4.74 Å². The number of nitrogens with one attached hydrogen (secondary N) is 1. The minimum absolute atomic E-state index is 0.274. The number of carbonyl (C=O) groups is 1. The molecule has 0 spiro atoms. The maximum Gasteiger partial charge on any atom is 0.333 e. The Kier molecular flexibility index (Phi) is 8.17. The highest BCUT2D eigenvalue weighted by Gasteiger charge is 2.00. The van der Waals surface area contributed by atoms with Crippen LogP contribution in [0.3, 0.4) is 0 Å². The van der Waals surface area contributed by atoms with E-state index >= 15 is 0 Å². The number of carbonyl (C=O) groups excluding carboxylic acids is 1. The van der Waals surface area contributed by atoms with Crippen LogP contribution in [0.1, 0.15) is 13.3 Å². The zero-order valence-electron chi connectivity index (χ0n) is 9.13. The van der Waals surface area contributed by atoms with Gasteiger partial charge in [-0.3, -0.25) is 0 Å². The lowest BCUT2D eigenvalue weighted by Crippen LogP contribution is -2.17. The monoisotopic (exact) mass is 201 g/mol. The summed E-state index contributed by atoms with van der Waals surface area (Å²) < 4.78 is 9.45. The quantitative estimate of drug-likeness (QED) is 0.375. The van der Waals surface area contributed by atoms with E-state index in [0.717, 1.165) is 19.6 Å². The molecule has 0 rings (SSSR count). The van der Waals surface area contributed by atoms with Gasteiger partial charge in [-0.25, -0.2) is 4.79 Å². The number of ether oxygens (including phenoxy) is 2. The van der Waals surface area contributed by atoms with Gasteiger partial charge < -0.3 is 14.8 Å². The van der Waals surface area contributed by atoms with Gasteiger partial charge in [-0.15, -0.1) is 0 Å². The third-order valence-electron chi connectivity index (χ3n) is 1.76. The summed E-state index contributed by atoms with van der Waals surface area (Å²) in [4.78, 5) is 10.9. The molecule has 1 N–H and O–H groups in total. The average molecular weight is 201 g/mol. The van der Waals surface area contributed by atoms with E-state index in [1.165, 1.54) is 7.11 Å². The maximum absolute atomic E-state index is 10.9. The number of rotatable bonds is 7. The van der Waals surface area contributed by atoms with Crippen molar-refractivity contribution in [2.75, 3.05) is 33.9 Å². The Morgan fingerprint density at radius 3 is 2.71 bits per heavy atom. The second-order valence-corrected chi connectivity index (χ2v) is 2.93. The van der Waals surface area contributed by atoms with Crippen LogP contribution in [0.25, 0.3) is 0 Å². The molecule has 0 aliphatic rings. The summed E-state index contributed by atoms with van der Waals surface area (Å²) >= 11 is 0. The van der Waals surface area contributed by atoms with Crippen molar-refractivity contribution in [3.8, 4) is 0 Å². The molecule has 0 radical (unpaired) electrons. The maximum atomic E-state index is 10.9. The van der Waals surface area contributed by atoms with Crippen LogP contribution in [-0.2, 0) is 14.3 Å². The first-order chi connectivity index (χ1) is 6.72. The summed E-state index contributed by atoms with van der Waals surface area (Å²) in [5, 5.41) is 3.17. The van der Waals surface area contributed by atoms with Crippen LogP contribution >= 0.6 is 0 Å². The van der Waals surface area contributed by atoms with Crippen molar-refractivity contribution in [3.63, 3.8) is 0 Å². The van der Waals surface area contributed by atoms with Crippen molar-refractivity contribution in [1.82, 2.24) is 5.32 Å². The lowest BCUT2D eigenvalue weighted by Gasteiger charge is -2.02. The molecule has 0 atom stereocenters. The Morgan fingerprint density at radius 1 is 1.43 bits per heavy atom. The molecule has 0 aliphatic heterocycles. The van der Waals surface area contributed by atoms with E-state index in [1.807, 2.05) is 6.08 Å². The van der Waals surface area contributed by atoms with Gasteiger partial charge in [0, 0.05) is 25.8 Å². The van der Waals surface area contributed by atoms with Crippen LogP contribution in [0.15, 0.2) is 11.6 Å². The molecule has 0 aromatic heterocycles. The van der Waals surface area contributed by atoms with Crippen LogP contribution in [0, 0.1) is 0 Å². The smallest absolute Gasteiger partial charge is 0.333 e. The van der Waals surface area contributed by atoms with Crippen LogP contribution in [0.2, 0.25) is 0 Å². The predicted octanol–water partition coefficient (Wildman–Crippen LogP) is 0.732. The van der Waals surface area contributed by atoms with Crippen molar-refractivity contribution in [2.45, 2.75) is 13.3 Å². The lowest BCUT2D eigenvalue weighted by atomic mass is 10.3. The molecular formula is C10H19NO3. The Hall–Kier alpha value is -0.870. The van der Waals surface area contributed by atoms with Crippen molar-refractivity contribution >= 4 is 5.97 Å². The van der Waals surface area contributed by atoms with Crippen molar-refractivity contribution < 1.29 is 14.3 Å². The van der Waals surface area contributed by atoms with Gasteiger partial charge in [0.1, 0.15) is 0 Å². The summed E-state index contributed by atoms with van der Waals surface area (Å²) in [5.74, 6) is -0.274. The summed E-state index contributed by atoms with van der Waals surface area (Å²) in [6.07, 6.45) is 2.79. The Morgan fingerprint density at radius 2 is 2.14 bits per heavy atom. The first-order valence-corrected chi connectivity index (χ1v) is 4.67. The third kappa shape index (κ3) is 6.62. The highest BCUT2D eigenvalue weighted by molar-refractivity contribution is 5.87. The van der Waals surface area contributed by atoms with E-state index in [-0.39, 0.29) is 5.97 Å². The molecule has 0 unspecified atom stereocenters. The zero-order valence-corrected chi connectivity index (χ0v) is 9.13. The molecule has 82 valence electrons. The molecule has 0 aliphatic carbocycles. The Bertz CT molecular complexity index is 190. The fraction of sp³-hybridized carbons (Fsp3) is 0.700.